The van der Waals surface area contributed by atoms with Crippen LogP contribution in [0.15, 0.2) is 9.98 Å². The maximum atomic E-state index is 4.23. The van der Waals surface area contributed by atoms with E-state index in [1.807, 2.05) is 40.1 Å². The third-order valence-electron chi connectivity index (χ3n) is 1.50. The van der Waals surface area contributed by atoms with Gasteiger partial charge >= 0.3 is 21.1 Å². The monoisotopic (exact) mass is 435 g/mol. The number of aliphatic imine (C=N–C) groups is 2. The molecule has 112 valence electrons. The van der Waals surface area contributed by atoms with E-state index in [0.717, 1.165) is 45.2 Å². The van der Waals surface area contributed by atoms with E-state index in [4.69, 9.17) is 0 Å². The van der Waals surface area contributed by atoms with Gasteiger partial charge in [0.15, 0.2) is 0 Å². The molecule has 3 heteroatoms. The molecule has 0 unspecified atom stereocenters. The average Bonchev–Trinajstić information content (AvgIpc) is 2.42. The summed E-state index contributed by atoms with van der Waals surface area (Å²) in [7, 11) is 0. The molecule has 0 radical (unpaired) electrons. The molecule has 0 aliphatic heterocycles. The van der Waals surface area contributed by atoms with Crippen molar-refractivity contribution < 1.29 is 21.1 Å². The van der Waals surface area contributed by atoms with Crippen LogP contribution in [-0.4, -0.2) is 25.5 Å². The van der Waals surface area contributed by atoms with E-state index < -0.39 is 0 Å². The summed E-state index contributed by atoms with van der Waals surface area (Å²) in [5.74, 6) is 0. The van der Waals surface area contributed by atoms with Crippen molar-refractivity contribution in [3.63, 3.8) is 0 Å². The molecule has 0 atom stereocenters. The van der Waals surface area contributed by atoms with Crippen LogP contribution in [0.2, 0.25) is 0 Å². The predicted molar refractivity (Wildman–Crippen MR) is 83.2 cm³/mol. The fourth-order valence-corrected chi connectivity index (χ4v) is 0.801. The maximum Gasteiger partial charge on any atom is 2.00 e. The Labute approximate surface area is 130 Å². The molecule has 0 aromatic rings. The number of hydrogen-bond acceptors (Lipinski definition) is 2. The van der Waals surface area contributed by atoms with Gasteiger partial charge in [-0.2, -0.15) is 12.8 Å². The summed E-state index contributed by atoms with van der Waals surface area (Å²) >= 11 is 0. The second kappa shape index (κ2) is 36.0. The Morgan fingerprint density at radius 2 is 1.11 bits per heavy atom. The van der Waals surface area contributed by atoms with E-state index in [1.165, 1.54) is 0 Å². The van der Waals surface area contributed by atoms with Crippen LogP contribution >= 0.6 is 0 Å². The number of unbranched alkanes of at least 4 members (excludes halogenated alkanes) is 2. The first-order valence-corrected chi connectivity index (χ1v) is 6.97. The van der Waals surface area contributed by atoms with Crippen LogP contribution < -0.4 is 0 Å². The zero-order chi connectivity index (χ0) is 13.8. The van der Waals surface area contributed by atoms with Gasteiger partial charge < -0.3 is 13.8 Å². The fraction of sp³-hybridized carbons (Fsp3) is 0.733. The summed E-state index contributed by atoms with van der Waals surface area (Å²) in [5.41, 5.74) is 0. The second-order valence-corrected chi connectivity index (χ2v) is 2.82. The third kappa shape index (κ3) is 36.0. The summed E-state index contributed by atoms with van der Waals surface area (Å²) in [6, 6.07) is 0. The third-order valence-corrected chi connectivity index (χ3v) is 1.50. The van der Waals surface area contributed by atoms with Crippen molar-refractivity contribution in [3.8, 4) is 0 Å². The van der Waals surface area contributed by atoms with Gasteiger partial charge in [0, 0.05) is 13.1 Å². The molecule has 0 saturated carbocycles. The Morgan fingerprint density at radius 1 is 0.778 bits per heavy atom. The second-order valence-electron chi connectivity index (χ2n) is 2.82. The summed E-state index contributed by atoms with van der Waals surface area (Å²) in [4.78, 5) is 8.46. The normalized spacial score (nSPS) is 9.22. The van der Waals surface area contributed by atoms with E-state index in [1.54, 1.807) is 0 Å². The average molecular weight is 436 g/mol. The molecular weight excluding hydrogens is 403 g/mol. The molecule has 0 fully saturated rings. The van der Waals surface area contributed by atoms with Gasteiger partial charge in [-0.3, -0.25) is 9.98 Å². The van der Waals surface area contributed by atoms with Gasteiger partial charge in [-0.15, -0.1) is 0 Å². The first-order valence-electron chi connectivity index (χ1n) is 6.97. The van der Waals surface area contributed by atoms with Crippen LogP contribution in [0, 0.1) is 13.8 Å². The van der Waals surface area contributed by atoms with E-state index in [9.17, 15) is 0 Å². The van der Waals surface area contributed by atoms with Crippen LogP contribution in [0.1, 0.15) is 59.8 Å². The van der Waals surface area contributed by atoms with Crippen molar-refractivity contribution in [2.75, 3.05) is 13.1 Å². The molecule has 0 aliphatic carbocycles. The topological polar surface area (TPSA) is 24.7 Å². The molecule has 0 aromatic carbocycles. The first kappa shape index (κ1) is 26.6. The largest absolute Gasteiger partial charge is 2.00 e. The molecule has 0 heterocycles. The molecule has 18 heavy (non-hydrogen) atoms. The van der Waals surface area contributed by atoms with E-state index in [2.05, 4.69) is 23.8 Å². The van der Waals surface area contributed by atoms with Gasteiger partial charge in [-0.1, -0.05) is 27.7 Å². The summed E-state index contributed by atoms with van der Waals surface area (Å²) in [6.07, 6.45) is 8.80. The van der Waals surface area contributed by atoms with Crippen molar-refractivity contribution in [1.29, 1.82) is 0 Å². The minimum absolute atomic E-state index is 0. The standard InChI is InChI=1S/C11H20N2.2C2H6.Pt/c1-3-5-8-12-10-7-11-13-9-6-4-2;2*1-2;/h8-9H,1-7,10-11H2;2*1-2H3;/q-2;;;+2. The van der Waals surface area contributed by atoms with Crippen molar-refractivity contribution in [2.24, 2.45) is 9.98 Å². The minimum atomic E-state index is 0. The quantitative estimate of drug-likeness (QED) is 0.297. The van der Waals surface area contributed by atoms with Crippen LogP contribution in [0.4, 0.5) is 0 Å². The van der Waals surface area contributed by atoms with E-state index in [0.29, 0.717) is 0 Å². The van der Waals surface area contributed by atoms with Gasteiger partial charge in [0.05, 0.1) is 0 Å². The van der Waals surface area contributed by atoms with Gasteiger partial charge in [0.25, 0.3) is 0 Å². The molecule has 0 amide bonds. The Hall–Kier alpha value is 0.0283. The molecule has 0 aliphatic rings. The Balaban J connectivity index is -0.000000177. The fourth-order valence-electron chi connectivity index (χ4n) is 0.801. The van der Waals surface area contributed by atoms with Crippen molar-refractivity contribution >= 4 is 12.4 Å². The first-order chi connectivity index (χ1) is 8.41. The maximum absolute atomic E-state index is 4.23. The molecule has 0 saturated heterocycles. The Kier molecular flexibility index (Phi) is 53.1. The van der Waals surface area contributed by atoms with Crippen LogP contribution in [0.3, 0.4) is 0 Å². The molecule has 0 N–H and O–H groups in total. The smallest absolute Gasteiger partial charge is 0.343 e. The summed E-state index contributed by atoms with van der Waals surface area (Å²) in [5, 5.41) is 0. The number of hydrogen-bond donors (Lipinski definition) is 0. The number of rotatable bonds is 8. The van der Waals surface area contributed by atoms with Gasteiger partial charge in [0.1, 0.15) is 0 Å². The van der Waals surface area contributed by atoms with E-state index in [-0.39, 0.29) is 21.1 Å². The Bertz CT molecular complexity index is 129. The van der Waals surface area contributed by atoms with Crippen LogP contribution in [0.5, 0.6) is 0 Å². The van der Waals surface area contributed by atoms with Gasteiger partial charge in [0.2, 0.25) is 0 Å². The number of nitrogens with zero attached hydrogens (tertiary/aromatic N) is 2. The zero-order valence-electron chi connectivity index (χ0n) is 12.7. The molecule has 0 bridgehead atoms. The molecular formula is C15H32N2Pt. The van der Waals surface area contributed by atoms with Crippen LogP contribution in [0.25, 0.3) is 0 Å². The zero-order valence-corrected chi connectivity index (χ0v) is 15.0. The van der Waals surface area contributed by atoms with Crippen molar-refractivity contribution in [2.45, 2.75) is 59.8 Å². The van der Waals surface area contributed by atoms with Gasteiger partial charge in [-0.05, 0) is 31.7 Å². The SMILES string of the molecule is CC.CC.[CH2-]CCC=NCCCN=CCC[CH2-].[Pt+2]. The molecule has 0 aromatic heterocycles. The van der Waals surface area contributed by atoms with E-state index >= 15 is 0 Å². The van der Waals surface area contributed by atoms with Crippen LogP contribution in [-0.2, 0) is 21.1 Å². The minimum Gasteiger partial charge on any atom is -0.343 e. The summed E-state index contributed by atoms with van der Waals surface area (Å²) < 4.78 is 0. The van der Waals surface area contributed by atoms with Crippen molar-refractivity contribution in [3.05, 3.63) is 13.8 Å². The molecule has 0 spiro atoms. The molecule has 0 rings (SSSR count). The Morgan fingerprint density at radius 3 is 1.39 bits per heavy atom. The van der Waals surface area contributed by atoms with Gasteiger partial charge in [-0.25, -0.2) is 0 Å². The summed E-state index contributed by atoms with van der Waals surface area (Å²) in [6.45, 7) is 17.2. The molecule has 2 nitrogen and oxygen atoms in total. The predicted octanol–water partition coefficient (Wildman–Crippen LogP) is 4.80. The van der Waals surface area contributed by atoms with Crippen molar-refractivity contribution in [1.82, 2.24) is 0 Å².